The number of nitrogens with zero attached hydrogens (tertiary/aromatic N) is 4. The summed E-state index contributed by atoms with van der Waals surface area (Å²) in [5, 5.41) is 18.6. The number of rotatable bonds is 5. The van der Waals surface area contributed by atoms with Crippen molar-refractivity contribution in [2.24, 2.45) is 0 Å². The Morgan fingerprint density at radius 1 is 1.11 bits per heavy atom. The summed E-state index contributed by atoms with van der Waals surface area (Å²) in [4.78, 5) is 15.9. The first-order valence-electron chi connectivity index (χ1n) is 8.80. The zero-order chi connectivity index (χ0) is 19.7. The van der Waals surface area contributed by atoms with Crippen LogP contribution in [0.2, 0.25) is 0 Å². The molecule has 1 saturated carbocycles. The van der Waals surface area contributed by atoms with Gasteiger partial charge in [-0.3, -0.25) is 4.98 Å². The molecule has 0 aliphatic heterocycles. The molecule has 0 bridgehead atoms. The highest BCUT2D eigenvalue weighted by Gasteiger charge is 2.27. The lowest BCUT2D eigenvalue weighted by atomic mass is 9.79. The summed E-state index contributed by atoms with van der Waals surface area (Å²) in [7, 11) is 0. The minimum atomic E-state index is -1.78. The third-order valence-corrected chi connectivity index (χ3v) is 4.73. The third-order valence-electron chi connectivity index (χ3n) is 4.73. The van der Waals surface area contributed by atoms with Crippen molar-refractivity contribution >= 4 is 5.82 Å². The minimum absolute atomic E-state index is 0.00500. The topological polar surface area (TPSA) is 127 Å². The van der Waals surface area contributed by atoms with Gasteiger partial charge in [0.1, 0.15) is 11.5 Å². The summed E-state index contributed by atoms with van der Waals surface area (Å²) in [6, 6.07) is 4.61. The molecular formula is C19H18FN5O3. The van der Waals surface area contributed by atoms with Gasteiger partial charge in [0, 0.05) is 17.3 Å². The van der Waals surface area contributed by atoms with Gasteiger partial charge in [-0.05, 0) is 30.9 Å². The van der Waals surface area contributed by atoms with Gasteiger partial charge in [-0.1, -0.05) is 12.5 Å². The molecule has 28 heavy (non-hydrogen) atoms. The molecular weight excluding hydrogens is 365 g/mol. The molecule has 4 N–H and O–H groups in total. The van der Waals surface area contributed by atoms with Crippen LogP contribution >= 0.6 is 0 Å². The number of aliphatic hydroxyl groups is 2. The molecule has 0 spiro atoms. The molecule has 144 valence electrons. The van der Waals surface area contributed by atoms with Crippen molar-refractivity contribution in [1.29, 1.82) is 0 Å². The lowest BCUT2D eigenvalue weighted by Crippen LogP contribution is -2.12. The minimum Gasteiger partial charge on any atom is -0.421 e. The van der Waals surface area contributed by atoms with Gasteiger partial charge in [-0.2, -0.15) is 4.98 Å². The van der Waals surface area contributed by atoms with E-state index in [1.807, 2.05) is 0 Å². The predicted octanol–water partition coefficient (Wildman–Crippen LogP) is 2.70. The molecule has 9 heteroatoms. The second-order valence-corrected chi connectivity index (χ2v) is 6.54. The van der Waals surface area contributed by atoms with Gasteiger partial charge in [-0.25, -0.2) is 14.4 Å². The third kappa shape index (κ3) is 3.49. The molecule has 8 nitrogen and oxygen atoms in total. The predicted molar refractivity (Wildman–Crippen MR) is 97.7 cm³/mol. The van der Waals surface area contributed by atoms with E-state index in [0.29, 0.717) is 5.69 Å². The van der Waals surface area contributed by atoms with E-state index >= 15 is 4.39 Å². The highest BCUT2D eigenvalue weighted by atomic mass is 19.1. The number of benzene rings is 1. The molecule has 0 atom stereocenters. The number of nitrogen functional groups attached to an aromatic ring is 1. The number of ether oxygens (including phenoxy) is 1. The number of hydrogen-bond acceptors (Lipinski definition) is 8. The van der Waals surface area contributed by atoms with Crippen molar-refractivity contribution in [3.8, 4) is 23.0 Å². The summed E-state index contributed by atoms with van der Waals surface area (Å²) < 4.78 is 21.1. The van der Waals surface area contributed by atoms with E-state index in [4.69, 9.17) is 10.5 Å². The van der Waals surface area contributed by atoms with E-state index < -0.39 is 12.1 Å². The standard InChI is InChI=1S/C19H18FN5O3/c20-16-12(14-8-24-15(21)9-23-14)5-4-11(10-2-1-3-10)17(16)28-19-22-7-6-13(25-19)18(26)27/h4-10,18,26-27H,1-3H2,(H2,21,24). The van der Waals surface area contributed by atoms with E-state index in [1.54, 1.807) is 12.1 Å². The second kappa shape index (κ2) is 7.45. The summed E-state index contributed by atoms with van der Waals surface area (Å²) in [6.45, 7) is 0. The fraction of sp³-hybridized carbons (Fsp3) is 0.263. The summed E-state index contributed by atoms with van der Waals surface area (Å²) in [5.41, 5.74) is 6.75. The van der Waals surface area contributed by atoms with Crippen molar-refractivity contribution in [3.05, 3.63) is 53.9 Å². The van der Waals surface area contributed by atoms with E-state index in [2.05, 4.69) is 19.9 Å². The monoisotopic (exact) mass is 383 g/mol. The van der Waals surface area contributed by atoms with Crippen LogP contribution in [0.1, 0.15) is 42.7 Å². The van der Waals surface area contributed by atoms with Gasteiger partial charge in [-0.15, -0.1) is 0 Å². The molecule has 1 fully saturated rings. The highest BCUT2D eigenvalue weighted by Crippen LogP contribution is 2.44. The smallest absolute Gasteiger partial charge is 0.322 e. The van der Waals surface area contributed by atoms with E-state index in [0.717, 1.165) is 24.8 Å². The number of hydrogen-bond donors (Lipinski definition) is 3. The summed E-state index contributed by atoms with van der Waals surface area (Å²) in [5.74, 6) is -0.186. The van der Waals surface area contributed by atoms with Crippen LogP contribution in [0.4, 0.5) is 10.2 Å². The number of nitrogens with two attached hydrogens (primary N) is 1. The molecule has 0 amide bonds. The van der Waals surface area contributed by atoms with Gasteiger partial charge < -0.3 is 20.7 Å². The molecule has 1 aliphatic rings. The SMILES string of the molecule is Nc1cnc(-c2ccc(C3CCC3)c(Oc3nccc(C(O)O)n3)c2F)cn1. The van der Waals surface area contributed by atoms with Crippen molar-refractivity contribution < 1.29 is 19.3 Å². The molecule has 0 saturated heterocycles. The Bertz CT molecular complexity index is 993. The average molecular weight is 383 g/mol. The van der Waals surface area contributed by atoms with Crippen molar-refractivity contribution in [3.63, 3.8) is 0 Å². The van der Waals surface area contributed by atoms with E-state index in [9.17, 15) is 10.2 Å². The van der Waals surface area contributed by atoms with Crippen LogP contribution in [0.3, 0.4) is 0 Å². The molecule has 2 heterocycles. The lowest BCUT2D eigenvalue weighted by Gasteiger charge is -2.28. The van der Waals surface area contributed by atoms with E-state index in [1.165, 1.54) is 24.7 Å². The first kappa shape index (κ1) is 18.2. The Morgan fingerprint density at radius 3 is 2.57 bits per heavy atom. The normalized spacial score (nSPS) is 14.1. The molecule has 2 aromatic heterocycles. The Morgan fingerprint density at radius 2 is 1.93 bits per heavy atom. The van der Waals surface area contributed by atoms with E-state index in [-0.39, 0.29) is 34.8 Å². The fourth-order valence-electron chi connectivity index (χ4n) is 3.03. The molecule has 1 aromatic carbocycles. The van der Waals surface area contributed by atoms with Crippen molar-refractivity contribution in [1.82, 2.24) is 19.9 Å². The largest absolute Gasteiger partial charge is 0.421 e. The second-order valence-electron chi connectivity index (χ2n) is 6.54. The Hall–Kier alpha value is -3.17. The van der Waals surface area contributed by atoms with Crippen LogP contribution < -0.4 is 10.5 Å². The molecule has 1 aliphatic carbocycles. The van der Waals surface area contributed by atoms with Crippen LogP contribution in [-0.4, -0.2) is 30.1 Å². The molecule has 3 aromatic rings. The molecule has 4 rings (SSSR count). The van der Waals surface area contributed by atoms with Crippen molar-refractivity contribution in [2.75, 3.05) is 5.73 Å². The van der Waals surface area contributed by atoms with Gasteiger partial charge in [0.25, 0.3) is 0 Å². The number of aliphatic hydroxyl groups excluding tert-OH is 1. The lowest BCUT2D eigenvalue weighted by molar-refractivity contribution is -0.0462. The van der Waals surface area contributed by atoms with Gasteiger partial charge >= 0.3 is 6.01 Å². The highest BCUT2D eigenvalue weighted by molar-refractivity contribution is 5.64. The zero-order valence-electron chi connectivity index (χ0n) is 14.8. The van der Waals surface area contributed by atoms with Crippen LogP contribution in [0.25, 0.3) is 11.3 Å². The average Bonchev–Trinajstić information content (AvgIpc) is 2.64. The summed E-state index contributed by atoms with van der Waals surface area (Å²) in [6.07, 6.45) is 5.22. The maximum Gasteiger partial charge on any atom is 0.322 e. The molecule has 0 radical (unpaired) electrons. The Balaban J connectivity index is 1.77. The first-order valence-corrected chi connectivity index (χ1v) is 8.80. The Labute approximate surface area is 159 Å². The summed E-state index contributed by atoms with van der Waals surface area (Å²) >= 11 is 0. The maximum absolute atomic E-state index is 15.4. The maximum atomic E-state index is 15.4. The number of aromatic nitrogens is 4. The van der Waals surface area contributed by atoms with Crippen molar-refractivity contribution in [2.45, 2.75) is 31.5 Å². The van der Waals surface area contributed by atoms with Gasteiger partial charge in [0.15, 0.2) is 17.9 Å². The van der Waals surface area contributed by atoms with Crippen LogP contribution in [-0.2, 0) is 0 Å². The van der Waals surface area contributed by atoms with Gasteiger partial charge in [0.05, 0.1) is 18.1 Å². The zero-order valence-corrected chi connectivity index (χ0v) is 14.8. The van der Waals surface area contributed by atoms with Gasteiger partial charge in [0.2, 0.25) is 0 Å². The van der Waals surface area contributed by atoms with Crippen LogP contribution in [0.5, 0.6) is 11.8 Å². The molecule has 0 unspecified atom stereocenters. The number of anilines is 1. The quantitative estimate of drug-likeness (QED) is 0.574. The van der Waals surface area contributed by atoms with Crippen LogP contribution in [0, 0.1) is 5.82 Å². The Kier molecular flexibility index (Phi) is 4.84. The number of halogens is 1. The fourth-order valence-corrected chi connectivity index (χ4v) is 3.03. The first-order chi connectivity index (χ1) is 13.5. The van der Waals surface area contributed by atoms with Crippen LogP contribution in [0.15, 0.2) is 36.8 Å².